The van der Waals surface area contributed by atoms with Crippen LogP contribution >= 0.6 is 0 Å². The van der Waals surface area contributed by atoms with Crippen LogP contribution in [0, 0.1) is 0 Å². The van der Waals surface area contributed by atoms with E-state index in [9.17, 15) is 5.11 Å². The van der Waals surface area contributed by atoms with Crippen molar-refractivity contribution in [3.05, 3.63) is 59.4 Å². The number of imidazole rings is 1. The van der Waals surface area contributed by atoms with E-state index in [-0.39, 0.29) is 0 Å². The molecule has 0 saturated carbocycles. The normalized spacial score (nSPS) is 11.0. The zero-order valence-corrected chi connectivity index (χ0v) is 10.9. The molecule has 0 amide bonds. The van der Waals surface area contributed by atoms with Crippen LogP contribution < -0.4 is 0 Å². The Morgan fingerprint density at radius 1 is 1.16 bits per heavy atom. The Kier molecular flexibility index (Phi) is 2.95. The number of hydrogen-bond acceptors (Lipinski definition) is 2. The highest BCUT2D eigenvalue weighted by Gasteiger charge is 2.06. The number of rotatable bonds is 3. The predicted octanol–water partition coefficient (Wildman–Crippen LogP) is 3.42. The number of aryl methyl sites for hydroxylation is 1. The molecule has 3 rings (SSSR count). The third-order valence-corrected chi connectivity index (χ3v) is 3.35. The number of aromatic hydroxyl groups is 1. The maximum Gasteiger partial charge on any atom is 0.119 e. The number of para-hydroxylation sites is 1. The van der Waals surface area contributed by atoms with Crippen molar-refractivity contribution in [1.29, 1.82) is 0 Å². The van der Waals surface area contributed by atoms with Gasteiger partial charge in [-0.3, -0.25) is 0 Å². The van der Waals surface area contributed by atoms with E-state index in [1.165, 1.54) is 5.56 Å². The Morgan fingerprint density at radius 2 is 2.00 bits per heavy atom. The monoisotopic (exact) mass is 252 g/mol. The first-order valence-corrected chi connectivity index (χ1v) is 6.50. The summed E-state index contributed by atoms with van der Waals surface area (Å²) < 4.78 is 0. The van der Waals surface area contributed by atoms with Crippen LogP contribution in [0.4, 0.5) is 0 Å². The molecule has 0 aliphatic rings. The van der Waals surface area contributed by atoms with E-state index >= 15 is 0 Å². The molecule has 0 saturated heterocycles. The fourth-order valence-corrected chi connectivity index (χ4v) is 2.25. The van der Waals surface area contributed by atoms with E-state index in [1.807, 2.05) is 24.3 Å². The number of phenols is 1. The lowest BCUT2D eigenvalue weighted by Gasteiger charge is -2.00. The molecule has 2 N–H and O–H groups in total. The molecular formula is C16H16N2O. The summed E-state index contributed by atoms with van der Waals surface area (Å²) in [6.45, 7) is 2.14. The summed E-state index contributed by atoms with van der Waals surface area (Å²) in [5.74, 6) is 1.20. The molecule has 2 aromatic carbocycles. The molecule has 0 unspecified atom stereocenters. The van der Waals surface area contributed by atoms with Gasteiger partial charge < -0.3 is 10.1 Å². The molecule has 0 fully saturated rings. The molecule has 0 radical (unpaired) electrons. The van der Waals surface area contributed by atoms with Crippen molar-refractivity contribution < 1.29 is 5.11 Å². The largest absolute Gasteiger partial charge is 0.508 e. The second kappa shape index (κ2) is 4.76. The number of benzene rings is 2. The average molecular weight is 252 g/mol. The van der Waals surface area contributed by atoms with Gasteiger partial charge >= 0.3 is 0 Å². The Bertz CT molecular complexity index is 716. The Morgan fingerprint density at radius 3 is 2.79 bits per heavy atom. The fraction of sp³-hybridized carbons (Fsp3) is 0.188. The summed E-state index contributed by atoms with van der Waals surface area (Å²) in [6, 6.07) is 13.6. The first kappa shape index (κ1) is 11.8. The molecule has 0 atom stereocenters. The van der Waals surface area contributed by atoms with Gasteiger partial charge in [-0.2, -0.15) is 0 Å². The molecule has 0 aliphatic carbocycles. The molecule has 3 nitrogen and oxygen atoms in total. The molecule has 0 aliphatic heterocycles. The second-order valence-electron chi connectivity index (χ2n) is 4.69. The van der Waals surface area contributed by atoms with E-state index < -0.39 is 0 Å². The molecule has 0 bridgehead atoms. The molecular weight excluding hydrogens is 236 g/mol. The van der Waals surface area contributed by atoms with Gasteiger partial charge in [0.2, 0.25) is 0 Å². The van der Waals surface area contributed by atoms with Crippen molar-refractivity contribution in [2.24, 2.45) is 0 Å². The van der Waals surface area contributed by atoms with Crippen LogP contribution in [0.3, 0.4) is 0 Å². The van der Waals surface area contributed by atoms with Gasteiger partial charge in [0.05, 0.1) is 11.0 Å². The third-order valence-electron chi connectivity index (χ3n) is 3.35. The Balaban J connectivity index is 1.95. The molecule has 1 heterocycles. The first-order chi connectivity index (χ1) is 9.26. The molecule has 0 spiro atoms. The lowest BCUT2D eigenvalue weighted by Crippen LogP contribution is -1.90. The van der Waals surface area contributed by atoms with E-state index in [0.29, 0.717) is 12.2 Å². The van der Waals surface area contributed by atoms with Crippen molar-refractivity contribution in [1.82, 2.24) is 9.97 Å². The highest BCUT2D eigenvalue weighted by Crippen LogP contribution is 2.20. The van der Waals surface area contributed by atoms with Gasteiger partial charge in [0.1, 0.15) is 11.6 Å². The first-order valence-electron chi connectivity index (χ1n) is 6.50. The summed E-state index contributed by atoms with van der Waals surface area (Å²) in [5.41, 5.74) is 4.22. The van der Waals surface area contributed by atoms with Crippen LogP contribution in [0.25, 0.3) is 11.0 Å². The zero-order chi connectivity index (χ0) is 13.2. The van der Waals surface area contributed by atoms with Crippen molar-refractivity contribution in [2.75, 3.05) is 0 Å². The highest BCUT2D eigenvalue weighted by molar-refractivity contribution is 5.76. The molecule has 1 aromatic heterocycles. The second-order valence-corrected chi connectivity index (χ2v) is 4.69. The highest BCUT2D eigenvalue weighted by atomic mass is 16.3. The van der Waals surface area contributed by atoms with Gasteiger partial charge in [0.15, 0.2) is 0 Å². The summed E-state index contributed by atoms with van der Waals surface area (Å²) in [5, 5.41) is 9.79. The van der Waals surface area contributed by atoms with E-state index in [1.54, 1.807) is 6.07 Å². The number of H-pyrrole nitrogens is 1. The quantitative estimate of drug-likeness (QED) is 0.750. The van der Waals surface area contributed by atoms with Crippen LogP contribution in [-0.4, -0.2) is 15.1 Å². The van der Waals surface area contributed by atoms with Crippen LogP contribution in [-0.2, 0) is 12.8 Å². The third kappa shape index (κ3) is 2.32. The fourth-order valence-electron chi connectivity index (χ4n) is 2.25. The minimum absolute atomic E-state index is 0.317. The van der Waals surface area contributed by atoms with Crippen LogP contribution in [0.2, 0.25) is 0 Å². The van der Waals surface area contributed by atoms with Crippen LogP contribution in [0.15, 0.2) is 42.5 Å². The van der Waals surface area contributed by atoms with Crippen molar-refractivity contribution in [3.8, 4) is 5.75 Å². The predicted molar refractivity (Wildman–Crippen MR) is 76.4 cm³/mol. The van der Waals surface area contributed by atoms with Crippen molar-refractivity contribution >= 4 is 11.0 Å². The van der Waals surface area contributed by atoms with Crippen LogP contribution in [0.5, 0.6) is 5.75 Å². The van der Waals surface area contributed by atoms with Gasteiger partial charge in [-0.15, -0.1) is 0 Å². The van der Waals surface area contributed by atoms with E-state index in [4.69, 9.17) is 0 Å². The average Bonchev–Trinajstić information content (AvgIpc) is 2.82. The van der Waals surface area contributed by atoms with Crippen LogP contribution in [0.1, 0.15) is 23.9 Å². The molecule has 3 heteroatoms. The van der Waals surface area contributed by atoms with Crippen molar-refractivity contribution in [3.63, 3.8) is 0 Å². The minimum atomic E-state index is 0.317. The molecule has 19 heavy (non-hydrogen) atoms. The molecule has 3 aromatic rings. The standard InChI is InChI=1S/C16H16N2O/c1-2-11-7-8-13-14(9-11)18-16(17-13)10-12-5-3-4-6-15(12)19/h3-9,19H,2,10H2,1H3,(H,17,18). The number of nitrogens with one attached hydrogen (secondary N) is 1. The lowest BCUT2D eigenvalue weighted by atomic mass is 10.1. The SMILES string of the molecule is CCc1ccc2nc(Cc3ccccc3O)[nH]c2c1. The van der Waals surface area contributed by atoms with E-state index in [2.05, 4.69) is 29.0 Å². The maximum absolute atomic E-state index is 9.79. The summed E-state index contributed by atoms with van der Waals surface area (Å²) >= 11 is 0. The van der Waals surface area contributed by atoms with Gasteiger partial charge in [0, 0.05) is 12.0 Å². The Hall–Kier alpha value is -2.29. The van der Waals surface area contributed by atoms with Gasteiger partial charge in [-0.05, 0) is 30.2 Å². The number of nitrogens with zero attached hydrogens (tertiary/aromatic N) is 1. The summed E-state index contributed by atoms with van der Waals surface area (Å²) in [4.78, 5) is 7.88. The minimum Gasteiger partial charge on any atom is -0.508 e. The number of phenolic OH excluding ortho intramolecular Hbond substituents is 1. The van der Waals surface area contributed by atoms with E-state index in [0.717, 1.165) is 28.8 Å². The zero-order valence-electron chi connectivity index (χ0n) is 10.9. The van der Waals surface area contributed by atoms with Gasteiger partial charge in [-0.25, -0.2) is 4.98 Å². The Labute approximate surface area is 111 Å². The number of aromatic amines is 1. The van der Waals surface area contributed by atoms with Gasteiger partial charge in [-0.1, -0.05) is 31.2 Å². The topological polar surface area (TPSA) is 48.9 Å². The lowest BCUT2D eigenvalue weighted by molar-refractivity contribution is 0.469. The summed E-state index contributed by atoms with van der Waals surface area (Å²) in [7, 11) is 0. The van der Waals surface area contributed by atoms with Gasteiger partial charge in [0.25, 0.3) is 0 Å². The number of hydrogen-bond donors (Lipinski definition) is 2. The number of fused-ring (bicyclic) bond motifs is 1. The maximum atomic E-state index is 9.79. The molecule has 96 valence electrons. The smallest absolute Gasteiger partial charge is 0.119 e. The van der Waals surface area contributed by atoms with Crippen molar-refractivity contribution in [2.45, 2.75) is 19.8 Å². The number of aromatic nitrogens is 2. The summed E-state index contributed by atoms with van der Waals surface area (Å²) in [6.07, 6.45) is 1.63.